The molecule has 0 heterocycles. The van der Waals surface area contributed by atoms with Crippen LogP contribution in [0.4, 0.5) is 0 Å². The van der Waals surface area contributed by atoms with Crippen LogP contribution in [0.3, 0.4) is 0 Å². The van der Waals surface area contributed by atoms with E-state index >= 15 is 0 Å². The van der Waals surface area contributed by atoms with E-state index in [0.29, 0.717) is 0 Å². The highest BCUT2D eigenvalue weighted by atomic mass is 32.2. The summed E-state index contributed by atoms with van der Waals surface area (Å²) in [7, 11) is 0.210. The maximum Gasteiger partial charge on any atom is -0.0248 e. The van der Waals surface area contributed by atoms with Crippen molar-refractivity contribution in [3.05, 3.63) is 12.0 Å². The van der Waals surface area contributed by atoms with Crippen molar-refractivity contribution in [2.75, 3.05) is 11.5 Å². The molecule has 0 radical (unpaired) electrons. The van der Waals surface area contributed by atoms with Gasteiger partial charge in [0.2, 0.25) is 0 Å². The van der Waals surface area contributed by atoms with Gasteiger partial charge in [0, 0.05) is 0 Å². The molecule has 0 bridgehead atoms. The molecule has 0 aliphatic rings. The molecule has 0 spiro atoms. The summed E-state index contributed by atoms with van der Waals surface area (Å²) in [5.74, 6) is 2.60. The zero-order chi connectivity index (χ0) is 5.70. The molecule has 0 atom stereocenters. The Kier molecular flexibility index (Phi) is 4.31. The number of hydrogen-bond acceptors (Lipinski definition) is 0. The highest BCUT2D eigenvalue weighted by Gasteiger charge is 1.85. The van der Waals surface area contributed by atoms with Gasteiger partial charge in [-0.15, -0.1) is 0 Å². The molecule has 0 aliphatic carbocycles. The molecule has 7 heavy (non-hydrogen) atoms. The van der Waals surface area contributed by atoms with E-state index in [2.05, 4.69) is 25.8 Å². The molecule has 0 unspecified atom stereocenters. The van der Waals surface area contributed by atoms with E-state index in [1.807, 2.05) is 0 Å². The van der Waals surface area contributed by atoms with Crippen molar-refractivity contribution in [1.29, 1.82) is 0 Å². The first-order valence-corrected chi connectivity index (χ1v) is 4.49. The van der Waals surface area contributed by atoms with Gasteiger partial charge in [-0.1, -0.05) is 25.8 Å². The molecule has 0 fully saturated rings. The summed E-state index contributed by atoms with van der Waals surface area (Å²) in [4.78, 5) is 0. The second-order valence-corrected chi connectivity index (χ2v) is 4.21. The summed E-state index contributed by atoms with van der Waals surface area (Å²) >= 11 is 0. The first kappa shape index (κ1) is 7.09. The summed E-state index contributed by atoms with van der Waals surface area (Å²) in [6.45, 7) is 8.17. The monoisotopic (exact) mass is 118 g/mol. The number of rotatable bonds is 3. The molecule has 0 aromatic carbocycles. The lowest BCUT2D eigenvalue weighted by molar-refractivity contribution is 1.45. The molecule has 0 aliphatic heterocycles. The van der Waals surface area contributed by atoms with E-state index in [9.17, 15) is 0 Å². The maximum absolute atomic E-state index is 3.73. The van der Waals surface area contributed by atoms with Crippen LogP contribution in [0.25, 0.3) is 0 Å². The lowest BCUT2D eigenvalue weighted by Crippen LogP contribution is -1.80. The summed E-state index contributed by atoms with van der Waals surface area (Å²) in [5, 5.41) is 2.09. The van der Waals surface area contributed by atoms with Gasteiger partial charge in [0.05, 0.1) is 0 Å². The second kappa shape index (κ2) is 4.25. The van der Waals surface area contributed by atoms with Crippen molar-refractivity contribution >= 4 is 10.9 Å². The summed E-state index contributed by atoms with van der Waals surface area (Å²) < 4.78 is 0. The molecule has 0 aromatic heterocycles. The third-order valence-electron chi connectivity index (χ3n) is 1.07. The Balaban J connectivity index is 3.16. The maximum atomic E-state index is 3.73. The molecule has 1 heteroatoms. The third kappa shape index (κ3) is 2.75. The Morgan fingerprint density at radius 2 is 1.86 bits per heavy atom. The fourth-order valence-corrected chi connectivity index (χ4v) is 1.45. The van der Waals surface area contributed by atoms with Crippen LogP contribution in [0.15, 0.2) is 12.0 Å². The van der Waals surface area contributed by atoms with Gasteiger partial charge < -0.3 is 0 Å². The predicted molar refractivity (Wildman–Crippen MR) is 40.3 cm³/mol. The number of thiol groups is 1. The van der Waals surface area contributed by atoms with Crippen LogP contribution in [0.5, 0.6) is 0 Å². The molecule has 0 saturated heterocycles. The van der Waals surface area contributed by atoms with E-state index < -0.39 is 0 Å². The Hall–Kier alpha value is 0.0900. The largest absolute Gasteiger partial charge is 0.235 e. The standard InChI is InChI=1S/C6H14S/c1-4-7(5-2)6-3/h4,7H,1,5-6H2,2-3H3. The zero-order valence-corrected chi connectivity index (χ0v) is 6.04. The minimum Gasteiger partial charge on any atom is -0.235 e. The average molecular weight is 118 g/mol. The van der Waals surface area contributed by atoms with Crippen molar-refractivity contribution in [1.82, 2.24) is 0 Å². The predicted octanol–water partition coefficient (Wildman–Crippen LogP) is 2.17. The molecule has 0 nitrogen and oxygen atoms in total. The lowest BCUT2D eigenvalue weighted by atomic mass is 11.0. The normalized spacial score (nSPS) is 10.9. The lowest BCUT2D eigenvalue weighted by Gasteiger charge is -2.08. The average Bonchev–Trinajstić information content (AvgIpc) is 1.72. The Bertz CT molecular complexity index is 46.1. The highest BCUT2D eigenvalue weighted by Crippen LogP contribution is 2.23. The van der Waals surface area contributed by atoms with E-state index in [1.165, 1.54) is 11.5 Å². The molecular weight excluding hydrogens is 104 g/mol. The van der Waals surface area contributed by atoms with Gasteiger partial charge in [0.25, 0.3) is 0 Å². The van der Waals surface area contributed by atoms with Gasteiger partial charge in [-0.2, -0.15) is 0 Å². The fraction of sp³-hybridized carbons (Fsp3) is 0.667. The van der Waals surface area contributed by atoms with Gasteiger partial charge in [0.15, 0.2) is 0 Å². The molecule has 0 aromatic rings. The minimum absolute atomic E-state index is 0.210. The Morgan fingerprint density at radius 1 is 1.43 bits per heavy atom. The van der Waals surface area contributed by atoms with Crippen molar-refractivity contribution in [2.45, 2.75) is 13.8 Å². The van der Waals surface area contributed by atoms with E-state index in [1.54, 1.807) is 0 Å². The van der Waals surface area contributed by atoms with Crippen molar-refractivity contribution in [3.8, 4) is 0 Å². The van der Waals surface area contributed by atoms with E-state index in [-0.39, 0.29) is 10.9 Å². The van der Waals surface area contributed by atoms with Gasteiger partial charge in [-0.3, -0.25) is 0 Å². The minimum atomic E-state index is 0.210. The Morgan fingerprint density at radius 3 is 1.86 bits per heavy atom. The van der Waals surface area contributed by atoms with Gasteiger partial charge >= 0.3 is 0 Å². The van der Waals surface area contributed by atoms with Crippen LogP contribution in [0.2, 0.25) is 0 Å². The molecule has 0 N–H and O–H groups in total. The van der Waals surface area contributed by atoms with E-state index in [4.69, 9.17) is 0 Å². The molecule has 0 saturated carbocycles. The van der Waals surface area contributed by atoms with Gasteiger partial charge in [-0.25, -0.2) is 10.9 Å². The highest BCUT2D eigenvalue weighted by molar-refractivity contribution is 8.19. The van der Waals surface area contributed by atoms with Gasteiger partial charge in [0.1, 0.15) is 0 Å². The second-order valence-electron chi connectivity index (χ2n) is 1.40. The molecule has 44 valence electrons. The third-order valence-corrected chi connectivity index (χ3v) is 3.21. The van der Waals surface area contributed by atoms with Crippen LogP contribution in [-0.4, -0.2) is 11.5 Å². The quantitative estimate of drug-likeness (QED) is 0.539. The molecular formula is C6H14S. The van der Waals surface area contributed by atoms with E-state index in [0.717, 1.165) is 0 Å². The Labute approximate surface area is 49.0 Å². The summed E-state index contributed by atoms with van der Waals surface area (Å²) in [5.41, 5.74) is 0. The first-order valence-electron chi connectivity index (χ1n) is 2.71. The van der Waals surface area contributed by atoms with Crippen LogP contribution < -0.4 is 0 Å². The van der Waals surface area contributed by atoms with Crippen LogP contribution in [-0.2, 0) is 0 Å². The fourth-order valence-electron chi connectivity index (χ4n) is 0.482. The smallest absolute Gasteiger partial charge is 0.0248 e. The van der Waals surface area contributed by atoms with Crippen LogP contribution in [0.1, 0.15) is 13.8 Å². The SMILES string of the molecule is C=C[SH](CC)CC. The van der Waals surface area contributed by atoms with Crippen molar-refractivity contribution < 1.29 is 0 Å². The summed E-state index contributed by atoms with van der Waals surface area (Å²) in [6, 6.07) is 0. The summed E-state index contributed by atoms with van der Waals surface area (Å²) in [6.07, 6.45) is 0. The topological polar surface area (TPSA) is 0 Å². The zero-order valence-electron chi connectivity index (χ0n) is 5.15. The molecule has 0 rings (SSSR count). The van der Waals surface area contributed by atoms with Gasteiger partial charge in [-0.05, 0) is 11.5 Å². The first-order chi connectivity index (χ1) is 3.35. The van der Waals surface area contributed by atoms with Crippen molar-refractivity contribution in [3.63, 3.8) is 0 Å². The number of hydrogen-bond donors (Lipinski definition) is 1. The molecule has 0 amide bonds. The van der Waals surface area contributed by atoms with Crippen LogP contribution >= 0.6 is 10.9 Å². The van der Waals surface area contributed by atoms with Crippen LogP contribution in [0, 0.1) is 0 Å². The van der Waals surface area contributed by atoms with Crippen molar-refractivity contribution in [2.24, 2.45) is 0 Å².